The van der Waals surface area contributed by atoms with Gasteiger partial charge in [0.2, 0.25) is 0 Å². The van der Waals surface area contributed by atoms with Gasteiger partial charge in [-0.2, -0.15) is 0 Å². The molecular weight excluding hydrogens is 362 g/mol. The second-order valence-corrected chi connectivity index (χ2v) is 7.51. The number of rotatable bonds is 8. The molecule has 2 heterocycles. The van der Waals surface area contributed by atoms with Crippen molar-refractivity contribution in [2.24, 2.45) is 0 Å². The van der Waals surface area contributed by atoms with Crippen LogP contribution in [-0.2, 0) is 30.3 Å². The van der Waals surface area contributed by atoms with E-state index in [4.69, 9.17) is 23.7 Å². The molecular formula is C21H29NO6. The molecule has 2 saturated heterocycles. The molecule has 0 radical (unpaired) electrons. The van der Waals surface area contributed by atoms with Crippen LogP contribution in [0.3, 0.4) is 0 Å². The van der Waals surface area contributed by atoms with Gasteiger partial charge in [0.25, 0.3) is 0 Å². The first-order chi connectivity index (χ1) is 13.4. The molecule has 0 aromatic heterocycles. The number of carbonyl (C=O) groups excluding carboxylic acids is 1. The molecule has 1 amide bonds. The number of alkyl carbamates (subject to hydrolysis) is 1. The number of benzene rings is 1. The van der Waals surface area contributed by atoms with Gasteiger partial charge in [-0.05, 0) is 32.3 Å². The molecule has 7 nitrogen and oxygen atoms in total. The summed E-state index contributed by atoms with van der Waals surface area (Å²) in [6, 6.07) is 9.34. The predicted molar refractivity (Wildman–Crippen MR) is 102 cm³/mol. The van der Waals surface area contributed by atoms with Crippen molar-refractivity contribution in [3.05, 3.63) is 48.6 Å². The number of ether oxygens (including phenoxy) is 5. The Morgan fingerprint density at radius 1 is 1.29 bits per heavy atom. The van der Waals surface area contributed by atoms with Gasteiger partial charge in [0.05, 0.1) is 6.10 Å². The van der Waals surface area contributed by atoms with Crippen molar-refractivity contribution in [3.63, 3.8) is 0 Å². The topological polar surface area (TPSA) is 75.3 Å². The summed E-state index contributed by atoms with van der Waals surface area (Å²) in [5.41, 5.74) is 0.932. The first-order valence-corrected chi connectivity index (χ1v) is 9.54. The Morgan fingerprint density at radius 3 is 2.68 bits per heavy atom. The van der Waals surface area contributed by atoms with Crippen LogP contribution in [0.5, 0.6) is 0 Å². The molecule has 1 aromatic carbocycles. The minimum atomic E-state index is -0.690. The van der Waals surface area contributed by atoms with Crippen molar-refractivity contribution in [2.45, 2.75) is 69.7 Å². The summed E-state index contributed by atoms with van der Waals surface area (Å²) in [6.45, 7) is 7.74. The van der Waals surface area contributed by atoms with E-state index in [-0.39, 0.29) is 31.0 Å². The van der Waals surface area contributed by atoms with E-state index in [2.05, 4.69) is 11.9 Å². The van der Waals surface area contributed by atoms with E-state index in [1.807, 2.05) is 44.2 Å². The molecule has 2 fully saturated rings. The van der Waals surface area contributed by atoms with E-state index in [1.54, 1.807) is 13.2 Å². The van der Waals surface area contributed by atoms with Crippen LogP contribution in [0.1, 0.15) is 32.3 Å². The molecule has 1 N–H and O–H groups in total. The normalized spacial score (nSPS) is 29.1. The maximum Gasteiger partial charge on any atom is 0.407 e. The van der Waals surface area contributed by atoms with Gasteiger partial charge in [-0.15, -0.1) is 6.58 Å². The zero-order chi connectivity index (χ0) is 20.1. The number of nitrogens with one attached hydrogen (secondary N) is 1. The van der Waals surface area contributed by atoms with Crippen LogP contribution in [0.25, 0.3) is 0 Å². The average molecular weight is 391 g/mol. The molecule has 1 aromatic rings. The second kappa shape index (κ2) is 9.05. The third kappa shape index (κ3) is 5.11. The Balaban J connectivity index is 1.56. The second-order valence-electron chi connectivity index (χ2n) is 7.51. The summed E-state index contributed by atoms with van der Waals surface area (Å²) in [6.07, 6.45) is 1.10. The first kappa shape index (κ1) is 20.8. The van der Waals surface area contributed by atoms with Crippen LogP contribution < -0.4 is 5.32 Å². The van der Waals surface area contributed by atoms with Crippen LogP contribution in [0.2, 0.25) is 0 Å². The summed E-state index contributed by atoms with van der Waals surface area (Å²) < 4.78 is 28.6. The molecule has 154 valence electrons. The van der Waals surface area contributed by atoms with Crippen LogP contribution in [0.15, 0.2) is 43.0 Å². The molecule has 2 aliphatic rings. The SMILES string of the molecule is C=CC[C@@H](C[C@H]1O[C@@H](OC)[C@H]2OC(C)(C)O[C@H]21)NC(=O)OCc1ccccc1. The van der Waals surface area contributed by atoms with E-state index >= 15 is 0 Å². The number of fused-ring (bicyclic) bond motifs is 1. The quantitative estimate of drug-likeness (QED) is 0.686. The van der Waals surface area contributed by atoms with Gasteiger partial charge in [-0.1, -0.05) is 36.4 Å². The maximum atomic E-state index is 12.2. The predicted octanol–water partition coefficient (Wildman–Crippen LogP) is 3.14. The van der Waals surface area contributed by atoms with E-state index in [1.165, 1.54) is 0 Å². The average Bonchev–Trinajstić information content (AvgIpc) is 3.14. The van der Waals surface area contributed by atoms with Crippen molar-refractivity contribution in [3.8, 4) is 0 Å². The van der Waals surface area contributed by atoms with E-state index in [0.29, 0.717) is 12.8 Å². The minimum Gasteiger partial charge on any atom is -0.445 e. The Kier molecular flexibility index (Phi) is 6.72. The summed E-state index contributed by atoms with van der Waals surface area (Å²) in [5.74, 6) is -0.690. The third-order valence-electron chi connectivity index (χ3n) is 4.84. The maximum absolute atomic E-state index is 12.2. The largest absolute Gasteiger partial charge is 0.445 e. The number of carbonyl (C=O) groups is 1. The lowest BCUT2D eigenvalue weighted by Gasteiger charge is -2.26. The third-order valence-corrected chi connectivity index (χ3v) is 4.84. The number of amides is 1. The molecule has 0 spiro atoms. The lowest BCUT2D eigenvalue weighted by atomic mass is 10.0. The molecule has 0 unspecified atom stereocenters. The molecule has 2 aliphatic heterocycles. The number of hydrogen-bond acceptors (Lipinski definition) is 6. The standard InChI is InChI=1S/C21H29NO6/c1-5-9-15(22-20(23)25-13-14-10-7-6-8-11-14)12-16-17-18(19(24-4)26-16)28-21(2,3)27-17/h5-8,10-11,15-19H,1,9,12-13H2,2-4H3,(H,22,23)/t15-,16+,17-,18-,19+/m0/s1. The Bertz CT molecular complexity index is 664. The Hall–Kier alpha value is -1.93. The number of hydrogen-bond donors (Lipinski definition) is 1. The van der Waals surface area contributed by atoms with E-state index in [9.17, 15) is 4.79 Å². The van der Waals surface area contributed by atoms with Crippen LogP contribution in [-0.4, -0.2) is 49.6 Å². The smallest absolute Gasteiger partial charge is 0.407 e. The van der Waals surface area contributed by atoms with Crippen LogP contribution in [0.4, 0.5) is 4.79 Å². The highest BCUT2D eigenvalue weighted by Gasteiger charge is 2.55. The monoisotopic (exact) mass is 391 g/mol. The summed E-state index contributed by atoms with van der Waals surface area (Å²) in [5, 5.41) is 2.90. The summed E-state index contributed by atoms with van der Waals surface area (Å²) >= 11 is 0. The van der Waals surface area contributed by atoms with Crippen molar-refractivity contribution in [2.75, 3.05) is 7.11 Å². The van der Waals surface area contributed by atoms with Crippen molar-refractivity contribution >= 4 is 6.09 Å². The Morgan fingerprint density at radius 2 is 2.00 bits per heavy atom. The molecule has 0 bridgehead atoms. The molecule has 0 saturated carbocycles. The van der Waals surface area contributed by atoms with Crippen LogP contribution >= 0.6 is 0 Å². The molecule has 5 atom stereocenters. The molecule has 0 aliphatic carbocycles. The summed E-state index contributed by atoms with van der Waals surface area (Å²) in [7, 11) is 1.58. The fraction of sp³-hybridized carbons (Fsp3) is 0.571. The number of methoxy groups -OCH3 is 1. The zero-order valence-corrected chi connectivity index (χ0v) is 16.6. The minimum absolute atomic E-state index is 0.200. The van der Waals surface area contributed by atoms with Gasteiger partial charge in [-0.3, -0.25) is 0 Å². The fourth-order valence-corrected chi connectivity index (χ4v) is 3.65. The van der Waals surface area contributed by atoms with Gasteiger partial charge in [-0.25, -0.2) is 4.79 Å². The van der Waals surface area contributed by atoms with Crippen LogP contribution in [0, 0.1) is 0 Å². The molecule has 28 heavy (non-hydrogen) atoms. The lowest BCUT2D eigenvalue weighted by molar-refractivity contribution is -0.228. The van der Waals surface area contributed by atoms with Gasteiger partial charge < -0.3 is 29.0 Å². The zero-order valence-electron chi connectivity index (χ0n) is 16.6. The van der Waals surface area contributed by atoms with E-state index < -0.39 is 18.2 Å². The molecule has 3 rings (SSSR count). The summed E-state index contributed by atoms with van der Waals surface area (Å²) in [4.78, 5) is 12.2. The van der Waals surface area contributed by atoms with Crippen molar-refractivity contribution in [1.82, 2.24) is 5.32 Å². The highest BCUT2D eigenvalue weighted by molar-refractivity contribution is 5.67. The van der Waals surface area contributed by atoms with E-state index in [0.717, 1.165) is 5.56 Å². The van der Waals surface area contributed by atoms with Gasteiger partial charge >= 0.3 is 6.09 Å². The van der Waals surface area contributed by atoms with Gasteiger partial charge in [0, 0.05) is 13.2 Å². The highest BCUT2D eigenvalue weighted by atomic mass is 16.8. The van der Waals surface area contributed by atoms with Crippen molar-refractivity contribution < 1.29 is 28.5 Å². The Labute approximate surface area is 165 Å². The highest BCUT2D eigenvalue weighted by Crippen LogP contribution is 2.40. The molecule has 7 heteroatoms. The fourth-order valence-electron chi connectivity index (χ4n) is 3.65. The van der Waals surface area contributed by atoms with Gasteiger partial charge in [0.1, 0.15) is 18.8 Å². The van der Waals surface area contributed by atoms with Gasteiger partial charge in [0.15, 0.2) is 12.1 Å². The van der Waals surface area contributed by atoms with Crippen molar-refractivity contribution in [1.29, 1.82) is 0 Å². The first-order valence-electron chi connectivity index (χ1n) is 9.54. The lowest BCUT2D eigenvalue weighted by Crippen LogP contribution is -2.40.